The summed E-state index contributed by atoms with van der Waals surface area (Å²) < 4.78 is 5.09. The first-order valence-corrected chi connectivity index (χ1v) is 10.0. The number of halogens is 1. The van der Waals surface area contributed by atoms with Gasteiger partial charge in [0.25, 0.3) is 5.91 Å². The van der Waals surface area contributed by atoms with Crippen molar-refractivity contribution < 1.29 is 14.3 Å². The topological polar surface area (TPSA) is 49.9 Å². The standard InChI is InChI=1S/C23H25ClN2O3/c1-17-4-3-5-21(18(17)2)25-12-14-26(15-13-25)22(27)16-29-23(28)11-8-19-6-9-20(24)10-7-19/h3-11H,12-16H2,1-2H3/b11-8+. The van der Waals surface area contributed by atoms with Crippen LogP contribution in [0.4, 0.5) is 5.69 Å². The molecule has 29 heavy (non-hydrogen) atoms. The van der Waals surface area contributed by atoms with Crippen LogP contribution in [0.1, 0.15) is 16.7 Å². The van der Waals surface area contributed by atoms with E-state index in [9.17, 15) is 9.59 Å². The molecule has 1 aliphatic rings. The molecule has 0 aromatic heterocycles. The Morgan fingerprint density at radius 1 is 1.03 bits per heavy atom. The van der Waals surface area contributed by atoms with Crippen molar-refractivity contribution in [1.29, 1.82) is 0 Å². The van der Waals surface area contributed by atoms with Crippen LogP contribution in [0.5, 0.6) is 0 Å². The average Bonchev–Trinajstić information content (AvgIpc) is 2.73. The summed E-state index contributed by atoms with van der Waals surface area (Å²) in [5.74, 6) is -0.707. The van der Waals surface area contributed by atoms with Gasteiger partial charge in [0.15, 0.2) is 6.61 Å². The Morgan fingerprint density at radius 3 is 2.41 bits per heavy atom. The largest absolute Gasteiger partial charge is 0.452 e. The molecule has 1 amide bonds. The monoisotopic (exact) mass is 412 g/mol. The lowest BCUT2D eigenvalue weighted by Gasteiger charge is -2.37. The highest BCUT2D eigenvalue weighted by Crippen LogP contribution is 2.23. The van der Waals surface area contributed by atoms with Crippen LogP contribution in [0.25, 0.3) is 6.08 Å². The molecule has 0 aliphatic carbocycles. The molecular formula is C23H25ClN2O3. The number of hydrogen-bond acceptors (Lipinski definition) is 4. The molecule has 2 aromatic rings. The lowest BCUT2D eigenvalue weighted by Crippen LogP contribution is -2.50. The molecule has 0 bridgehead atoms. The van der Waals surface area contributed by atoms with Gasteiger partial charge in [-0.1, -0.05) is 35.9 Å². The van der Waals surface area contributed by atoms with Crippen molar-refractivity contribution in [1.82, 2.24) is 4.90 Å². The first-order chi connectivity index (χ1) is 13.9. The number of nitrogens with zero attached hydrogens (tertiary/aromatic N) is 2. The van der Waals surface area contributed by atoms with Gasteiger partial charge in [0, 0.05) is 43.0 Å². The van der Waals surface area contributed by atoms with Crippen molar-refractivity contribution >= 4 is 35.2 Å². The van der Waals surface area contributed by atoms with Gasteiger partial charge in [-0.2, -0.15) is 0 Å². The van der Waals surface area contributed by atoms with Crippen molar-refractivity contribution in [3.05, 3.63) is 70.3 Å². The van der Waals surface area contributed by atoms with E-state index in [1.165, 1.54) is 22.9 Å². The summed E-state index contributed by atoms with van der Waals surface area (Å²) in [6.45, 7) is 6.75. The fourth-order valence-corrected chi connectivity index (χ4v) is 3.41. The lowest BCUT2D eigenvalue weighted by atomic mass is 10.1. The van der Waals surface area contributed by atoms with Crippen LogP contribution < -0.4 is 4.90 Å². The third-order valence-corrected chi connectivity index (χ3v) is 5.42. The zero-order chi connectivity index (χ0) is 20.8. The predicted octanol–water partition coefficient (Wildman–Crippen LogP) is 3.86. The maximum absolute atomic E-state index is 12.4. The van der Waals surface area contributed by atoms with Crippen molar-refractivity contribution in [3.63, 3.8) is 0 Å². The van der Waals surface area contributed by atoms with E-state index in [-0.39, 0.29) is 12.5 Å². The van der Waals surface area contributed by atoms with Crippen LogP contribution in [0.3, 0.4) is 0 Å². The second kappa shape index (κ2) is 9.61. The summed E-state index contributed by atoms with van der Waals surface area (Å²) >= 11 is 5.83. The molecule has 1 heterocycles. The summed E-state index contributed by atoms with van der Waals surface area (Å²) in [6, 6.07) is 13.4. The number of benzene rings is 2. The minimum Gasteiger partial charge on any atom is -0.452 e. The Morgan fingerprint density at radius 2 is 1.72 bits per heavy atom. The Kier molecular flexibility index (Phi) is 6.94. The highest BCUT2D eigenvalue weighted by Gasteiger charge is 2.22. The van der Waals surface area contributed by atoms with Crippen LogP contribution in [0.2, 0.25) is 5.02 Å². The molecule has 3 rings (SSSR count). The smallest absolute Gasteiger partial charge is 0.331 e. The molecule has 0 atom stereocenters. The van der Waals surface area contributed by atoms with Crippen molar-refractivity contribution in [2.45, 2.75) is 13.8 Å². The first-order valence-electron chi connectivity index (χ1n) is 9.63. The molecule has 2 aromatic carbocycles. The predicted molar refractivity (Wildman–Crippen MR) is 116 cm³/mol. The second-order valence-electron chi connectivity index (χ2n) is 7.08. The number of carbonyl (C=O) groups is 2. The summed E-state index contributed by atoms with van der Waals surface area (Å²) in [4.78, 5) is 28.3. The number of aryl methyl sites for hydroxylation is 1. The van der Waals surface area contributed by atoms with E-state index in [2.05, 4.69) is 36.9 Å². The molecule has 152 valence electrons. The summed E-state index contributed by atoms with van der Waals surface area (Å²) in [6.07, 6.45) is 2.95. The highest BCUT2D eigenvalue weighted by atomic mass is 35.5. The molecular weight excluding hydrogens is 388 g/mol. The SMILES string of the molecule is Cc1cccc(N2CCN(C(=O)COC(=O)/C=C/c3ccc(Cl)cc3)CC2)c1C. The maximum Gasteiger partial charge on any atom is 0.331 e. The van der Waals surface area contributed by atoms with Crippen LogP contribution in [-0.2, 0) is 14.3 Å². The van der Waals surface area contributed by atoms with Gasteiger partial charge in [-0.05, 0) is 54.8 Å². The van der Waals surface area contributed by atoms with Gasteiger partial charge in [-0.15, -0.1) is 0 Å². The van der Waals surface area contributed by atoms with E-state index in [1.807, 2.05) is 0 Å². The van der Waals surface area contributed by atoms with Gasteiger partial charge in [-0.25, -0.2) is 4.79 Å². The number of carbonyl (C=O) groups excluding carboxylic acids is 2. The van der Waals surface area contributed by atoms with Crippen molar-refractivity contribution in [2.24, 2.45) is 0 Å². The first kappa shape index (κ1) is 20.9. The van der Waals surface area contributed by atoms with E-state index >= 15 is 0 Å². The number of anilines is 1. The number of amides is 1. The van der Waals surface area contributed by atoms with E-state index < -0.39 is 5.97 Å². The minimum atomic E-state index is -0.540. The number of hydrogen-bond donors (Lipinski definition) is 0. The van der Waals surface area contributed by atoms with Gasteiger partial charge in [0.1, 0.15) is 0 Å². The third-order valence-electron chi connectivity index (χ3n) is 5.17. The average molecular weight is 413 g/mol. The normalized spacial score (nSPS) is 14.3. The Labute approximate surface area is 176 Å². The van der Waals surface area contributed by atoms with Gasteiger partial charge < -0.3 is 14.5 Å². The lowest BCUT2D eigenvalue weighted by molar-refractivity contribution is -0.148. The molecule has 0 spiro atoms. The van der Waals surface area contributed by atoms with Crippen LogP contribution >= 0.6 is 11.6 Å². The zero-order valence-electron chi connectivity index (χ0n) is 16.7. The molecule has 5 nitrogen and oxygen atoms in total. The van der Waals surface area contributed by atoms with Crippen LogP contribution in [0.15, 0.2) is 48.5 Å². The van der Waals surface area contributed by atoms with E-state index in [0.29, 0.717) is 18.1 Å². The Bertz CT molecular complexity index is 901. The van der Waals surface area contributed by atoms with Crippen molar-refractivity contribution in [3.8, 4) is 0 Å². The second-order valence-corrected chi connectivity index (χ2v) is 7.52. The molecule has 0 N–H and O–H groups in total. The van der Waals surface area contributed by atoms with Gasteiger partial charge in [-0.3, -0.25) is 4.79 Å². The molecule has 1 saturated heterocycles. The quantitative estimate of drug-likeness (QED) is 0.552. The summed E-state index contributed by atoms with van der Waals surface area (Å²) in [7, 11) is 0. The fourth-order valence-electron chi connectivity index (χ4n) is 3.29. The molecule has 1 aliphatic heterocycles. The van der Waals surface area contributed by atoms with Gasteiger partial charge >= 0.3 is 5.97 Å². The molecule has 0 radical (unpaired) electrons. The maximum atomic E-state index is 12.4. The molecule has 0 saturated carbocycles. The van der Waals surface area contributed by atoms with Crippen LogP contribution in [0, 0.1) is 13.8 Å². The molecule has 6 heteroatoms. The minimum absolute atomic E-state index is 0.168. The zero-order valence-corrected chi connectivity index (χ0v) is 17.5. The summed E-state index contributed by atoms with van der Waals surface area (Å²) in [5.41, 5.74) is 4.59. The van der Waals surface area contributed by atoms with Gasteiger partial charge in [0.05, 0.1) is 0 Å². The van der Waals surface area contributed by atoms with E-state index in [0.717, 1.165) is 18.7 Å². The van der Waals surface area contributed by atoms with E-state index in [1.54, 1.807) is 35.2 Å². The molecule has 1 fully saturated rings. The van der Waals surface area contributed by atoms with Crippen molar-refractivity contribution in [2.75, 3.05) is 37.7 Å². The Balaban J connectivity index is 1.45. The number of piperazine rings is 1. The molecule has 0 unspecified atom stereocenters. The summed E-state index contributed by atoms with van der Waals surface area (Å²) in [5, 5.41) is 0.632. The van der Waals surface area contributed by atoms with Crippen LogP contribution in [-0.4, -0.2) is 49.6 Å². The third kappa shape index (κ3) is 5.61. The number of esters is 1. The van der Waals surface area contributed by atoms with E-state index in [4.69, 9.17) is 16.3 Å². The van der Waals surface area contributed by atoms with Gasteiger partial charge in [0.2, 0.25) is 0 Å². The number of ether oxygens (including phenoxy) is 1. The number of rotatable bonds is 5. The Hall–Kier alpha value is -2.79. The highest BCUT2D eigenvalue weighted by molar-refractivity contribution is 6.30. The fraction of sp³-hybridized carbons (Fsp3) is 0.304.